The fourth-order valence-electron chi connectivity index (χ4n) is 2.02. The molecular formula is C15H20ClF2N. The van der Waals surface area contributed by atoms with Gasteiger partial charge in [0.15, 0.2) is 11.6 Å². The second-order valence-electron chi connectivity index (χ2n) is 6.18. The van der Waals surface area contributed by atoms with Gasteiger partial charge in [-0.2, -0.15) is 0 Å². The molecule has 1 aliphatic rings. The molecule has 1 N–H and O–H groups in total. The van der Waals surface area contributed by atoms with Crippen LogP contribution in [0.3, 0.4) is 0 Å². The highest BCUT2D eigenvalue weighted by Gasteiger charge is 2.25. The van der Waals surface area contributed by atoms with Crippen LogP contribution >= 0.6 is 11.6 Å². The lowest BCUT2D eigenvalue weighted by Crippen LogP contribution is -2.31. The van der Waals surface area contributed by atoms with Gasteiger partial charge in [0.2, 0.25) is 0 Å². The summed E-state index contributed by atoms with van der Waals surface area (Å²) in [5.41, 5.74) is 0.802. The maximum Gasteiger partial charge on any atom is 0.160 e. The Kier molecular flexibility index (Phi) is 4.46. The molecule has 2 rings (SSSR count). The van der Waals surface area contributed by atoms with E-state index in [-0.39, 0.29) is 5.41 Å². The van der Waals surface area contributed by atoms with Crippen LogP contribution in [0, 0.1) is 17.0 Å². The third-order valence-electron chi connectivity index (χ3n) is 3.61. The smallest absolute Gasteiger partial charge is 0.160 e. The summed E-state index contributed by atoms with van der Waals surface area (Å²) in [6.07, 6.45) is 4.09. The molecule has 0 bridgehead atoms. The van der Waals surface area contributed by atoms with Crippen LogP contribution in [-0.4, -0.2) is 12.6 Å². The lowest BCUT2D eigenvalue weighted by Gasteiger charge is -2.25. The first-order chi connectivity index (χ1) is 8.87. The molecular weight excluding hydrogens is 268 g/mol. The van der Waals surface area contributed by atoms with Crippen molar-refractivity contribution in [3.63, 3.8) is 0 Å². The molecule has 0 atom stereocenters. The minimum absolute atomic E-state index is 0.122. The molecule has 0 radical (unpaired) electrons. The number of aryl methyl sites for hydroxylation is 1. The Morgan fingerprint density at radius 1 is 1.26 bits per heavy atom. The van der Waals surface area contributed by atoms with Crippen molar-refractivity contribution < 1.29 is 8.78 Å². The summed E-state index contributed by atoms with van der Waals surface area (Å²) in [4.78, 5) is 0. The summed E-state index contributed by atoms with van der Waals surface area (Å²) >= 11 is 5.95. The van der Waals surface area contributed by atoms with Crippen molar-refractivity contribution in [3.05, 3.63) is 34.4 Å². The molecule has 19 heavy (non-hydrogen) atoms. The number of rotatable bonds is 6. The molecule has 1 aromatic rings. The summed E-state index contributed by atoms with van der Waals surface area (Å²) in [7, 11) is 0. The van der Waals surface area contributed by atoms with Crippen LogP contribution in [0.4, 0.5) is 8.78 Å². The van der Waals surface area contributed by atoms with Crippen LogP contribution in [0.25, 0.3) is 0 Å². The predicted molar refractivity (Wildman–Crippen MR) is 74.5 cm³/mol. The van der Waals surface area contributed by atoms with Gasteiger partial charge in [0, 0.05) is 17.6 Å². The average molecular weight is 288 g/mol. The molecule has 1 fully saturated rings. The monoisotopic (exact) mass is 287 g/mol. The van der Waals surface area contributed by atoms with Crippen molar-refractivity contribution >= 4 is 11.6 Å². The highest BCUT2D eigenvalue weighted by molar-refractivity contribution is 6.31. The van der Waals surface area contributed by atoms with E-state index >= 15 is 0 Å². The first-order valence-corrected chi connectivity index (χ1v) is 7.12. The molecule has 0 saturated heterocycles. The first-order valence-electron chi connectivity index (χ1n) is 6.74. The normalized spacial score (nSPS) is 15.8. The van der Waals surface area contributed by atoms with Crippen molar-refractivity contribution in [1.82, 2.24) is 5.32 Å². The van der Waals surface area contributed by atoms with Gasteiger partial charge in [0.05, 0.1) is 0 Å². The van der Waals surface area contributed by atoms with E-state index in [4.69, 9.17) is 11.6 Å². The van der Waals surface area contributed by atoms with Gasteiger partial charge in [-0.05, 0) is 48.8 Å². The fourth-order valence-corrected chi connectivity index (χ4v) is 2.27. The lowest BCUT2D eigenvalue weighted by atomic mass is 9.86. The predicted octanol–water partition coefficient (Wildman–Crippen LogP) is 4.33. The molecule has 0 unspecified atom stereocenters. The molecule has 1 aromatic carbocycles. The molecule has 0 aromatic heterocycles. The Hall–Kier alpha value is -0.670. The minimum Gasteiger partial charge on any atom is -0.313 e. The Morgan fingerprint density at radius 2 is 1.89 bits per heavy atom. The van der Waals surface area contributed by atoms with Gasteiger partial charge in [-0.1, -0.05) is 25.4 Å². The van der Waals surface area contributed by atoms with Gasteiger partial charge < -0.3 is 5.32 Å². The van der Waals surface area contributed by atoms with Crippen molar-refractivity contribution in [2.24, 2.45) is 5.41 Å². The van der Waals surface area contributed by atoms with E-state index < -0.39 is 11.6 Å². The van der Waals surface area contributed by atoms with E-state index in [1.54, 1.807) is 0 Å². The Labute approximate surface area is 118 Å². The summed E-state index contributed by atoms with van der Waals surface area (Å²) < 4.78 is 26.2. The second kappa shape index (κ2) is 5.76. The van der Waals surface area contributed by atoms with Crippen LogP contribution in [-0.2, 0) is 6.42 Å². The lowest BCUT2D eigenvalue weighted by molar-refractivity contribution is 0.313. The molecule has 0 amide bonds. The average Bonchev–Trinajstić information content (AvgIpc) is 3.14. The van der Waals surface area contributed by atoms with Crippen LogP contribution < -0.4 is 5.32 Å². The summed E-state index contributed by atoms with van der Waals surface area (Å²) in [6.45, 7) is 5.30. The Balaban J connectivity index is 1.91. The number of hydrogen-bond donors (Lipinski definition) is 1. The minimum atomic E-state index is -0.886. The van der Waals surface area contributed by atoms with Crippen LogP contribution in [0.5, 0.6) is 0 Å². The summed E-state index contributed by atoms with van der Waals surface area (Å²) in [6, 6.07) is 2.95. The topological polar surface area (TPSA) is 12.0 Å². The first kappa shape index (κ1) is 14.7. The highest BCUT2D eigenvalue weighted by Crippen LogP contribution is 2.28. The van der Waals surface area contributed by atoms with E-state index in [0.29, 0.717) is 23.0 Å². The molecule has 1 saturated carbocycles. The maximum absolute atomic E-state index is 13.2. The number of benzene rings is 1. The highest BCUT2D eigenvalue weighted by atomic mass is 35.5. The van der Waals surface area contributed by atoms with Crippen molar-refractivity contribution in [2.75, 3.05) is 6.54 Å². The molecule has 1 aliphatic carbocycles. The standard InChI is InChI=1S/C15H20ClF2N/c1-15(2,9-19-11-3-4-11)6-5-10-7-13(17)14(18)8-12(10)16/h7-8,11,19H,3-6,9H2,1-2H3. The molecule has 106 valence electrons. The SMILES string of the molecule is CC(C)(CCc1cc(F)c(F)cc1Cl)CNC1CC1. The molecule has 4 heteroatoms. The third kappa shape index (κ3) is 4.43. The number of hydrogen-bond acceptors (Lipinski definition) is 1. The molecule has 0 aliphatic heterocycles. The Morgan fingerprint density at radius 3 is 2.53 bits per heavy atom. The van der Waals surface area contributed by atoms with E-state index in [1.165, 1.54) is 18.9 Å². The molecule has 0 heterocycles. The summed E-state index contributed by atoms with van der Waals surface area (Å²) in [5, 5.41) is 3.81. The summed E-state index contributed by atoms with van der Waals surface area (Å²) in [5.74, 6) is -1.71. The number of nitrogens with one attached hydrogen (secondary N) is 1. The van der Waals surface area contributed by atoms with Crippen LogP contribution in [0.2, 0.25) is 5.02 Å². The second-order valence-corrected chi connectivity index (χ2v) is 6.58. The van der Waals surface area contributed by atoms with Gasteiger partial charge in [-0.15, -0.1) is 0 Å². The van der Waals surface area contributed by atoms with Gasteiger partial charge in [0.25, 0.3) is 0 Å². The Bertz CT molecular complexity index is 456. The van der Waals surface area contributed by atoms with E-state index in [2.05, 4.69) is 19.2 Å². The van der Waals surface area contributed by atoms with E-state index in [1.807, 2.05) is 0 Å². The van der Waals surface area contributed by atoms with E-state index in [9.17, 15) is 8.78 Å². The van der Waals surface area contributed by atoms with Crippen molar-refractivity contribution in [2.45, 2.75) is 45.6 Å². The zero-order valence-corrected chi connectivity index (χ0v) is 12.2. The van der Waals surface area contributed by atoms with Gasteiger partial charge in [-0.25, -0.2) is 8.78 Å². The van der Waals surface area contributed by atoms with Gasteiger partial charge in [0.1, 0.15) is 0 Å². The van der Waals surface area contributed by atoms with Crippen LogP contribution in [0.15, 0.2) is 12.1 Å². The van der Waals surface area contributed by atoms with Gasteiger partial charge in [-0.3, -0.25) is 0 Å². The molecule has 1 nitrogen and oxygen atoms in total. The zero-order chi connectivity index (χ0) is 14.0. The molecule has 0 spiro atoms. The van der Waals surface area contributed by atoms with Crippen LogP contribution in [0.1, 0.15) is 38.7 Å². The fraction of sp³-hybridized carbons (Fsp3) is 0.600. The maximum atomic E-state index is 13.2. The van der Waals surface area contributed by atoms with Crippen molar-refractivity contribution in [3.8, 4) is 0 Å². The largest absolute Gasteiger partial charge is 0.313 e. The third-order valence-corrected chi connectivity index (χ3v) is 3.96. The zero-order valence-electron chi connectivity index (χ0n) is 11.4. The van der Waals surface area contributed by atoms with Crippen molar-refractivity contribution in [1.29, 1.82) is 0 Å². The quantitative estimate of drug-likeness (QED) is 0.768. The van der Waals surface area contributed by atoms with Gasteiger partial charge >= 0.3 is 0 Å². The number of halogens is 3. The van der Waals surface area contributed by atoms with E-state index in [0.717, 1.165) is 19.0 Å².